The summed E-state index contributed by atoms with van der Waals surface area (Å²) in [5, 5.41) is 2.96. The lowest BCUT2D eigenvalue weighted by molar-refractivity contribution is -0.121. The highest BCUT2D eigenvalue weighted by molar-refractivity contribution is 5.75. The standard InChI is InChI=1S/C25H28N4O2/c30-24(20-29-13-7-6-12-25(29)31)26-18-21-8-4-5-9-22(21)19-27-14-16-28(17-15-27)23-10-2-1-3-11-23/h1-13H,14-20H2,(H,26,30). The second-order valence-electron chi connectivity index (χ2n) is 7.81. The fraction of sp³-hybridized carbons (Fsp3) is 0.280. The van der Waals surface area contributed by atoms with Crippen molar-refractivity contribution >= 4 is 11.6 Å². The Morgan fingerprint density at radius 3 is 2.23 bits per heavy atom. The summed E-state index contributed by atoms with van der Waals surface area (Å²) in [6, 6.07) is 23.7. The number of benzene rings is 2. The minimum atomic E-state index is -0.173. The van der Waals surface area contributed by atoms with Crippen molar-refractivity contribution in [3.8, 4) is 0 Å². The molecule has 1 aliphatic rings. The van der Waals surface area contributed by atoms with Crippen LogP contribution in [0.3, 0.4) is 0 Å². The molecule has 0 radical (unpaired) electrons. The zero-order chi connectivity index (χ0) is 21.5. The van der Waals surface area contributed by atoms with Gasteiger partial charge in [-0.05, 0) is 29.3 Å². The van der Waals surface area contributed by atoms with Gasteiger partial charge in [0.2, 0.25) is 5.91 Å². The van der Waals surface area contributed by atoms with Gasteiger partial charge < -0.3 is 14.8 Å². The van der Waals surface area contributed by atoms with E-state index in [2.05, 4.69) is 51.5 Å². The van der Waals surface area contributed by atoms with Gasteiger partial charge in [0, 0.05) is 57.2 Å². The van der Waals surface area contributed by atoms with Crippen LogP contribution in [0.2, 0.25) is 0 Å². The second-order valence-corrected chi connectivity index (χ2v) is 7.81. The molecule has 2 heterocycles. The number of para-hydroxylation sites is 1. The largest absolute Gasteiger partial charge is 0.369 e. The number of carbonyl (C=O) groups excluding carboxylic acids is 1. The number of hydrogen-bond acceptors (Lipinski definition) is 4. The molecule has 1 fully saturated rings. The molecular weight excluding hydrogens is 388 g/mol. The maximum absolute atomic E-state index is 12.3. The number of nitrogens with zero attached hydrogens (tertiary/aromatic N) is 3. The first-order chi connectivity index (χ1) is 15.2. The average Bonchev–Trinajstić information content (AvgIpc) is 2.81. The quantitative estimate of drug-likeness (QED) is 0.643. The molecule has 31 heavy (non-hydrogen) atoms. The number of hydrogen-bond donors (Lipinski definition) is 1. The summed E-state index contributed by atoms with van der Waals surface area (Å²) in [5.74, 6) is -0.167. The van der Waals surface area contributed by atoms with E-state index in [0.29, 0.717) is 6.54 Å². The fourth-order valence-electron chi connectivity index (χ4n) is 3.92. The third kappa shape index (κ3) is 5.61. The van der Waals surface area contributed by atoms with Crippen molar-refractivity contribution in [2.45, 2.75) is 19.6 Å². The minimum Gasteiger partial charge on any atom is -0.369 e. The first-order valence-corrected chi connectivity index (χ1v) is 10.7. The topological polar surface area (TPSA) is 57.6 Å². The van der Waals surface area contributed by atoms with Crippen molar-refractivity contribution in [3.63, 3.8) is 0 Å². The van der Waals surface area contributed by atoms with E-state index in [-0.39, 0.29) is 18.0 Å². The van der Waals surface area contributed by atoms with Gasteiger partial charge in [-0.25, -0.2) is 0 Å². The minimum absolute atomic E-state index is 0.0310. The molecule has 2 aromatic carbocycles. The summed E-state index contributed by atoms with van der Waals surface area (Å²) in [6.45, 7) is 5.39. The Bertz CT molecular complexity index is 1060. The summed E-state index contributed by atoms with van der Waals surface area (Å²) in [7, 11) is 0. The summed E-state index contributed by atoms with van der Waals surface area (Å²) in [4.78, 5) is 29.0. The average molecular weight is 417 g/mol. The van der Waals surface area contributed by atoms with Crippen LogP contribution in [-0.2, 0) is 24.4 Å². The van der Waals surface area contributed by atoms with Gasteiger partial charge in [0.05, 0.1) is 0 Å². The van der Waals surface area contributed by atoms with Gasteiger partial charge in [-0.2, -0.15) is 0 Å². The summed E-state index contributed by atoms with van der Waals surface area (Å²) in [5.41, 5.74) is 3.45. The van der Waals surface area contributed by atoms with E-state index < -0.39 is 0 Å². The molecule has 0 spiro atoms. The highest BCUT2D eigenvalue weighted by atomic mass is 16.2. The molecule has 1 aliphatic heterocycles. The Morgan fingerprint density at radius 1 is 0.806 bits per heavy atom. The molecule has 4 rings (SSSR count). The normalized spacial score (nSPS) is 14.4. The Kier molecular flexibility index (Phi) is 6.79. The van der Waals surface area contributed by atoms with Gasteiger partial charge in [0.25, 0.3) is 5.56 Å². The van der Waals surface area contributed by atoms with E-state index in [1.54, 1.807) is 18.3 Å². The molecule has 1 aromatic heterocycles. The van der Waals surface area contributed by atoms with Gasteiger partial charge >= 0.3 is 0 Å². The number of pyridine rings is 1. The van der Waals surface area contributed by atoms with Crippen LogP contribution < -0.4 is 15.8 Å². The first kappa shape index (κ1) is 20.9. The molecule has 0 unspecified atom stereocenters. The van der Waals surface area contributed by atoms with Crippen LogP contribution in [0.5, 0.6) is 0 Å². The maximum Gasteiger partial charge on any atom is 0.250 e. The van der Waals surface area contributed by atoms with Gasteiger partial charge in [0.1, 0.15) is 6.54 Å². The first-order valence-electron chi connectivity index (χ1n) is 10.7. The number of anilines is 1. The van der Waals surface area contributed by atoms with Crippen molar-refractivity contribution in [1.29, 1.82) is 0 Å². The van der Waals surface area contributed by atoms with Crippen LogP contribution in [0.25, 0.3) is 0 Å². The molecular formula is C25H28N4O2. The van der Waals surface area contributed by atoms with Gasteiger partial charge in [-0.1, -0.05) is 48.5 Å². The van der Waals surface area contributed by atoms with Crippen LogP contribution >= 0.6 is 0 Å². The van der Waals surface area contributed by atoms with E-state index in [0.717, 1.165) is 38.3 Å². The molecule has 3 aromatic rings. The van der Waals surface area contributed by atoms with E-state index in [4.69, 9.17) is 0 Å². The summed E-state index contributed by atoms with van der Waals surface area (Å²) in [6.07, 6.45) is 1.63. The maximum atomic E-state index is 12.3. The lowest BCUT2D eigenvalue weighted by Crippen LogP contribution is -2.46. The van der Waals surface area contributed by atoms with Crippen LogP contribution in [0.1, 0.15) is 11.1 Å². The molecule has 6 nitrogen and oxygen atoms in total. The van der Waals surface area contributed by atoms with Crippen molar-refractivity contribution in [2.24, 2.45) is 0 Å². The second kappa shape index (κ2) is 10.1. The monoisotopic (exact) mass is 416 g/mol. The van der Waals surface area contributed by atoms with E-state index in [9.17, 15) is 9.59 Å². The molecule has 0 aliphatic carbocycles. The zero-order valence-electron chi connectivity index (χ0n) is 17.6. The fourth-order valence-corrected chi connectivity index (χ4v) is 3.92. The number of rotatable bonds is 7. The number of aromatic nitrogens is 1. The Labute approximate surface area is 182 Å². The third-order valence-corrected chi connectivity index (χ3v) is 5.69. The van der Waals surface area contributed by atoms with Crippen molar-refractivity contribution < 1.29 is 4.79 Å². The predicted molar refractivity (Wildman–Crippen MR) is 123 cm³/mol. The van der Waals surface area contributed by atoms with Crippen LogP contribution in [0, 0.1) is 0 Å². The van der Waals surface area contributed by atoms with Crippen molar-refractivity contribution in [1.82, 2.24) is 14.8 Å². The van der Waals surface area contributed by atoms with E-state index in [1.165, 1.54) is 21.9 Å². The molecule has 0 atom stereocenters. The molecule has 0 bridgehead atoms. The SMILES string of the molecule is O=C(Cn1ccccc1=O)NCc1ccccc1CN1CCN(c2ccccc2)CC1. The van der Waals surface area contributed by atoms with Crippen molar-refractivity contribution in [3.05, 3.63) is 100 Å². The molecule has 1 amide bonds. The predicted octanol–water partition coefficient (Wildman–Crippen LogP) is 2.49. The molecule has 160 valence electrons. The van der Waals surface area contributed by atoms with E-state index in [1.807, 2.05) is 18.2 Å². The highest BCUT2D eigenvalue weighted by Gasteiger charge is 2.18. The lowest BCUT2D eigenvalue weighted by atomic mass is 10.1. The Balaban J connectivity index is 1.31. The van der Waals surface area contributed by atoms with Crippen LogP contribution in [0.4, 0.5) is 5.69 Å². The molecule has 0 saturated carbocycles. The smallest absolute Gasteiger partial charge is 0.250 e. The summed E-state index contributed by atoms with van der Waals surface area (Å²) < 4.78 is 1.41. The summed E-state index contributed by atoms with van der Waals surface area (Å²) >= 11 is 0. The van der Waals surface area contributed by atoms with Gasteiger partial charge in [-0.15, -0.1) is 0 Å². The van der Waals surface area contributed by atoms with Crippen LogP contribution in [0.15, 0.2) is 83.8 Å². The Hall–Kier alpha value is -3.38. The molecule has 6 heteroatoms. The van der Waals surface area contributed by atoms with Crippen molar-refractivity contribution in [2.75, 3.05) is 31.1 Å². The van der Waals surface area contributed by atoms with E-state index >= 15 is 0 Å². The Morgan fingerprint density at radius 2 is 1.48 bits per heavy atom. The number of amides is 1. The number of carbonyl (C=O) groups is 1. The number of nitrogens with one attached hydrogen (secondary N) is 1. The zero-order valence-corrected chi connectivity index (χ0v) is 17.6. The van der Waals surface area contributed by atoms with Crippen LogP contribution in [-0.4, -0.2) is 41.6 Å². The lowest BCUT2D eigenvalue weighted by Gasteiger charge is -2.36. The third-order valence-electron chi connectivity index (χ3n) is 5.69. The van der Waals surface area contributed by atoms with Gasteiger partial charge in [-0.3, -0.25) is 14.5 Å². The highest BCUT2D eigenvalue weighted by Crippen LogP contribution is 2.18. The molecule has 1 saturated heterocycles. The number of piperazine rings is 1. The molecule has 1 N–H and O–H groups in total. The van der Waals surface area contributed by atoms with Gasteiger partial charge in [0.15, 0.2) is 0 Å².